The van der Waals surface area contributed by atoms with Crippen LogP contribution in [0, 0.1) is 17.1 Å². The van der Waals surface area contributed by atoms with Crippen LogP contribution in [0.2, 0.25) is 5.02 Å². The molecule has 0 radical (unpaired) electrons. The molecule has 1 aromatic carbocycles. The number of nitrogens with zero attached hydrogens (tertiary/aromatic N) is 2. The molecule has 0 aliphatic rings. The van der Waals surface area contributed by atoms with Crippen LogP contribution in [0.5, 0.6) is 0 Å². The summed E-state index contributed by atoms with van der Waals surface area (Å²) in [6, 6.07) is 5.98. The molecule has 0 saturated heterocycles. The first-order valence-electron chi connectivity index (χ1n) is 5.27. The smallest absolute Gasteiger partial charge is 0.141 e. The Kier molecular flexibility index (Phi) is 5.36. The van der Waals surface area contributed by atoms with Gasteiger partial charge in [0, 0.05) is 13.1 Å². The van der Waals surface area contributed by atoms with E-state index in [1.54, 1.807) is 6.07 Å². The van der Waals surface area contributed by atoms with Crippen molar-refractivity contribution in [1.29, 1.82) is 5.26 Å². The van der Waals surface area contributed by atoms with Gasteiger partial charge >= 0.3 is 0 Å². The summed E-state index contributed by atoms with van der Waals surface area (Å²) in [4.78, 5) is 2.01. The van der Waals surface area contributed by atoms with Gasteiger partial charge in [-0.25, -0.2) is 4.39 Å². The Hall–Kier alpha value is -1.15. The molecule has 3 nitrogen and oxygen atoms in total. The first-order valence-corrected chi connectivity index (χ1v) is 5.65. The highest BCUT2D eigenvalue weighted by Gasteiger charge is 2.11. The number of halogens is 2. The van der Waals surface area contributed by atoms with Crippen molar-refractivity contribution in [3.8, 4) is 6.07 Å². The topological polar surface area (TPSA) is 39.1 Å². The highest BCUT2D eigenvalue weighted by atomic mass is 35.5. The van der Waals surface area contributed by atoms with Gasteiger partial charge in [-0.1, -0.05) is 17.7 Å². The second kappa shape index (κ2) is 6.55. The summed E-state index contributed by atoms with van der Waals surface area (Å²) in [5, 5.41) is 12.2. The lowest BCUT2D eigenvalue weighted by atomic mass is 10.1. The van der Waals surface area contributed by atoms with Gasteiger partial charge in [-0.2, -0.15) is 5.26 Å². The molecule has 17 heavy (non-hydrogen) atoms. The molecular formula is C12H15ClFN3. The van der Waals surface area contributed by atoms with E-state index in [9.17, 15) is 4.39 Å². The molecule has 1 atom stereocenters. The summed E-state index contributed by atoms with van der Waals surface area (Å²) >= 11 is 5.68. The number of likely N-dealkylation sites (N-methyl/N-ethyl adjacent to an activating group) is 1. The predicted molar refractivity (Wildman–Crippen MR) is 66.3 cm³/mol. The van der Waals surface area contributed by atoms with Crippen LogP contribution in [0.4, 0.5) is 4.39 Å². The lowest BCUT2D eigenvalue weighted by Crippen LogP contribution is -2.29. The Labute approximate surface area is 106 Å². The zero-order valence-electron chi connectivity index (χ0n) is 9.87. The van der Waals surface area contributed by atoms with Gasteiger partial charge in [-0.05, 0) is 31.8 Å². The zero-order valence-corrected chi connectivity index (χ0v) is 10.6. The summed E-state index contributed by atoms with van der Waals surface area (Å²) in [5.41, 5.74) is 0.678. The summed E-state index contributed by atoms with van der Waals surface area (Å²) in [5.74, 6) is -0.472. The van der Waals surface area contributed by atoms with Crippen LogP contribution in [0.3, 0.4) is 0 Å². The monoisotopic (exact) mass is 255 g/mol. The largest absolute Gasteiger partial charge is 0.308 e. The lowest BCUT2D eigenvalue weighted by Gasteiger charge is -2.14. The molecule has 0 saturated carbocycles. The molecule has 0 spiro atoms. The fourth-order valence-electron chi connectivity index (χ4n) is 1.36. The van der Waals surface area contributed by atoms with Crippen LogP contribution in [0.1, 0.15) is 11.6 Å². The van der Waals surface area contributed by atoms with Crippen molar-refractivity contribution in [1.82, 2.24) is 10.2 Å². The van der Waals surface area contributed by atoms with E-state index in [1.165, 1.54) is 12.1 Å². The highest BCUT2D eigenvalue weighted by molar-refractivity contribution is 6.30. The predicted octanol–water partition coefficient (Wildman–Crippen LogP) is 2.19. The van der Waals surface area contributed by atoms with E-state index in [4.69, 9.17) is 16.9 Å². The van der Waals surface area contributed by atoms with Crippen molar-refractivity contribution in [3.05, 3.63) is 34.6 Å². The van der Waals surface area contributed by atoms with Gasteiger partial charge < -0.3 is 4.90 Å². The van der Waals surface area contributed by atoms with E-state index < -0.39 is 11.9 Å². The number of hydrogen-bond donors (Lipinski definition) is 1. The molecule has 1 rings (SSSR count). The maximum absolute atomic E-state index is 13.0. The molecular weight excluding hydrogens is 241 g/mol. The van der Waals surface area contributed by atoms with Crippen LogP contribution >= 0.6 is 11.6 Å². The molecule has 92 valence electrons. The first kappa shape index (κ1) is 13.9. The molecule has 0 bridgehead atoms. The van der Waals surface area contributed by atoms with Crippen LogP contribution in [-0.4, -0.2) is 32.1 Å². The fraction of sp³-hybridized carbons (Fsp3) is 0.417. The van der Waals surface area contributed by atoms with Gasteiger partial charge in [0.1, 0.15) is 11.9 Å². The minimum absolute atomic E-state index is 0.0390. The third-order valence-corrected chi connectivity index (χ3v) is 2.60. The Morgan fingerprint density at radius 1 is 1.53 bits per heavy atom. The van der Waals surface area contributed by atoms with Gasteiger partial charge in [0.15, 0.2) is 0 Å². The molecule has 0 aliphatic carbocycles. The molecule has 1 aromatic rings. The number of nitrogens with one attached hydrogen (secondary N) is 1. The van der Waals surface area contributed by atoms with Crippen molar-refractivity contribution >= 4 is 11.6 Å². The minimum atomic E-state index is -0.472. The standard InChI is InChI=1S/C12H15ClFN3/c1-17(2)6-5-16-12(8-15)9-3-4-11(14)10(13)7-9/h3-4,7,12,16H,5-6H2,1-2H3. The lowest BCUT2D eigenvalue weighted by molar-refractivity contribution is 0.395. The fourth-order valence-corrected chi connectivity index (χ4v) is 1.55. The van der Waals surface area contributed by atoms with Gasteiger partial charge in [0.05, 0.1) is 11.1 Å². The second-order valence-electron chi connectivity index (χ2n) is 3.99. The summed E-state index contributed by atoms with van der Waals surface area (Å²) in [7, 11) is 3.91. The van der Waals surface area contributed by atoms with Crippen molar-refractivity contribution in [2.45, 2.75) is 6.04 Å². The van der Waals surface area contributed by atoms with E-state index >= 15 is 0 Å². The molecule has 0 aromatic heterocycles. The molecule has 0 fully saturated rings. The molecule has 0 aliphatic heterocycles. The Balaban J connectivity index is 2.67. The quantitative estimate of drug-likeness (QED) is 0.877. The Morgan fingerprint density at radius 2 is 2.24 bits per heavy atom. The van der Waals surface area contributed by atoms with Crippen molar-refractivity contribution in [2.24, 2.45) is 0 Å². The summed E-state index contributed by atoms with van der Waals surface area (Å²) < 4.78 is 13.0. The zero-order chi connectivity index (χ0) is 12.8. The highest BCUT2D eigenvalue weighted by Crippen LogP contribution is 2.20. The summed E-state index contributed by atoms with van der Waals surface area (Å²) in [6.07, 6.45) is 0. The van der Waals surface area contributed by atoms with E-state index in [0.29, 0.717) is 12.1 Å². The van der Waals surface area contributed by atoms with Crippen molar-refractivity contribution in [3.63, 3.8) is 0 Å². The van der Waals surface area contributed by atoms with Gasteiger partial charge in [-0.3, -0.25) is 5.32 Å². The second-order valence-corrected chi connectivity index (χ2v) is 4.40. The third-order valence-electron chi connectivity index (χ3n) is 2.31. The Morgan fingerprint density at radius 3 is 2.76 bits per heavy atom. The van der Waals surface area contributed by atoms with Gasteiger partial charge in [-0.15, -0.1) is 0 Å². The molecule has 1 unspecified atom stereocenters. The van der Waals surface area contributed by atoms with Crippen LogP contribution in [0.15, 0.2) is 18.2 Å². The Bertz CT molecular complexity index is 415. The first-order chi connectivity index (χ1) is 8.04. The van der Waals surface area contributed by atoms with Crippen LogP contribution in [0.25, 0.3) is 0 Å². The van der Waals surface area contributed by atoms with E-state index in [1.807, 2.05) is 19.0 Å². The number of rotatable bonds is 5. The average Bonchev–Trinajstić information content (AvgIpc) is 2.28. The molecule has 5 heteroatoms. The molecule has 0 heterocycles. The van der Waals surface area contributed by atoms with Crippen LogP contribution < -0.4 is 5.32 Å². The third kappa shape index (κ3) is 4.31. The van der Waals surface area contributed by atoms with E-state index in [0.717, 1.165) is 6.54 Å². The molecule has 0 amide bonds. The average molecular weight is 256 g/mol. The van der Waals surface area contributed by atoms with E-state index in [2.05, 4.69) is 11.4 Å². The summed E-state index contributed by atoms with van der Waals surface area (Å²) in [6.45, 7) is 1.51. The van der Waals surface area contributed by atoms with Crippen LogP contribution in [-0.2, 0) is 0 Å². The van der Waals surface area contributed by atoms with Gasteiger partial charge in [0.2, 0.25) is 0 Å². The SMILES string of the molecule is CN(C)CCNC(C#N)c1ccc(F)c(Cl)c1. The number of benzene rings is 1. The maximum Gasteiger partial charge on any atom is 0.141 e. The maximum atomic E-state index is 13.0. The van der Waals surface area contributed by atoms with Gasteiger partial charge in [0.25, 0.3) is 0 Å². The normalized spacial score (nSPS) is 12.5. The van der Waals surface area contributed by atoms with Crippen molar-refractivity contribution in [2.75, 3.05) is 27.2 Å². The number of nitriles is 1. The van der Waals surface area contributed by atoms with E-state index in [-0.39, 0.29) is 5.02 Å². The van der Waals surface area contributed by atoms with Crippen molar-refractivity contribution < 1.29 is 4.39 Å². The molecule has 1 N–H and O–H groups in total. The minimum Gasteiger partial charge on any atom is -0.308 e. The number of hydrogen-bond acceptors (Lipinski definition) is 3.